The average molecular weight is 162 g/mol. The molecule has 0 spiro atoms. The van der Waals surface area contributed by atoms with Crippen molar-refractivity contribution in [1.29, 1.82) is 0 Å². The Bertz CT molecular complexity index is 259. The molecule has 0 aliphatic heterocycles. The molecule has 0 fully saturated rings. The molecule has 0 N–H and O–H groups in total. The van der Waals surface area contributed by atoms with Gasteiger partial charge in [0.1, 0.15) is 5.75 Å². The number of rotatable bonds is 3. The molecule has 1 heteroatoms. The van der Waals surface area contributed by atoms with Crippen LogP contribution in [0.1, 0.15) is 19.4 Å². The van der Waals surface area contributed by atoms with E-state index >= 15 is 0 Å². The average Bonchev–Trinajstić information content (AvgIpc) is 2.05. The first-order valence-electron chi connectivity index (χ1n) is 4.14. The van der Waals surface area contributed by atoms with Gasteiger partial charge in [-0.2, -0.15) is 0 Å². The number of allylic oxidation sites excluding steroid dienone is 1. The summed E-state index contributed by atoms with van der Waals surface area (Å²) in [6.07, 6.45) is 1.06. The summed E-state index contributed by atoms with van der Waals surface area (Å²) in [5.74, 6) is 1.58. The zero-order chi connectivity index (χ0) is 8.97. The second-order valence-corrected chi connectivity index (χ2v) is 2.80. The fourth-order valence-electron chi connectivity index (χ4n) is 0.994. The molecule has 0 bridgehead atoms. The number of hydrogen-bond donors (Lipinski definition) is 0. The van der Waals surface area contributed by atoms with Gasteiger partial charge in [0.25, 0.3) is 0 Å². The predicted octanol–water partition coefficient (Wildman–Crippen LogP) is 3.16. The molecular weight excluding hydrogens is 148 g/mol. The van der Waals surface area contributed by atoms with Gasteiger partial charge in [-0.15, -0.1) is 0 Å². The van der Waals surface area contributed by atoms with Crippen LogP contribution in [0.15, 0.2) is 36.6 Å². The molecule has 0 aliphatic rings. The van der Waals surface area contributed by atoms with Crippen LogP contribution >= 0.6 is 0 Å². The summed E-state index contributed by atoms with van der Waals surface area (Å²) in [5, 5.41) is 0. The van der Waals surface area contributed by atoms with E-state index in [1.165, 1.54) is 5.56 Å². The van der Waals surface area contributed by atoms with Crippen LogP contribution in [0, 0.1) is 0 Å². The van der Waals surface area contributed by atoms with E-state index in [-0.39, 0.29) is 0 Å². The van der Waals surface area contributed by atoms with Crippen LogP contribution in [0.5, 0.6) is 5.75 Å². The zero-order valence-corrected chi connectivity index (χ0v) is 7.63. The quantitative estimate of drug-likeness (QED) is 0.620. The molecule has 0 saturated heterocycles. The van der Waals surface area contributed by atoms with Gasteiger partial charge in [0.2, 0.25) is 0 Å². The van der Waals surface area contributed by atoms with Gasteiger partial charge in [-0.25, -0.2) is 0 Å². The standard InChI is InChI=1S/C11H14O/c1-4-10-5-7-11(8-6-10)12-9(2)3/h5-8H,2,4H2,1,3H3. The van der Waals surface area contributed by atoms with Crippen molar-refractivity contribution in [3.8, 4) is 5.75 Å². The van der Waals surface area contributed by atoms with Crippen LogP contribution in [0.4, 0.5) is 0 Å². The largest absolute Gasteiger partial charge is 0.463 e. The third-order valence-electron chi connectivity index (χ3n) is 1.62. The van der Waals surface area contributed by atoms with Crippen LogP contribution in [0.3, 0.4) is 0 Å². The minimum absolute atomic E-state index is 0.722. The van der Waals surface area contributed by atoms with Crippen molar-refractivity contribution in [2.45, 2.75) is 20.3 Å². The molecule has 1 aromatic carbocycles. The number of hydrogen-bond acceptors (Lipinski definition) is 1. The molecule has 0 heterocycles. The van der Waals surface area contributed by atoms with E-state index in [0.717, 1.165) is 17.9 Å². The second kappa shape index (κ2) is 3.96. The van der Waals surface area contributed by atoms with E-state index in [9.17, 15) is 0 Å². The molecule has 0 radical (unpaired) electrons. The van der Waals surface area contributed by atoms with Crippen molar-refractivity contribution < 1.29 is 4.74 Å². The summed E-state index contributed by atoms with van der Waals surface area (Å²) in [6.45, 7) is 7.65. The molecule has 1 rings (SSSR count). The Morgan fingerprint density at radius 1 is 1.33 bits per heavy atom. The predicted molar refractivity (Wildman–Crippen MR) is 51.3 cm³/mol. The lowest BCUT2D eigenvalue weighted by Crippen LogP contribution is -1.88. The normalized spacial score (nSPS) is 9.50. The Morgan fingerprint density at radius 2 is 1.92 bits per heavy atom. The van der Waals surface area contributed by atoms with Crippen LogP contribution in [-0.2, 0) is 6.42 Å². The van der Waals surface area contributed by atoms with Crippen LogP contribution in [0.25, 0.3) is 0 Å². The van der Waals surface area contributed by atoms with Gasteiger partial charge in [-0.05, 0) is 31.0 Å². The van der Waals surface area contributed by atoms with Crippen LogP contribution in [-0.4, -0.2) is 0 Å². The smallest absolute Gasteiger partial charge is 0.126 e. The van der Waals surface area contributed by atoms with Crippen molar-refractivity contribution in [1.82, 2.24) is 0 Å². The lowest BCUT2D eigenvalue weighted by molar-refractivity contribution is 0.430. The van der Waals surface area contributed by atoms with Gasteiger partial charge in [-0.3, -0.25) is 0 Å². The first-order valence-corrected chi connectivity index (χ1v) is 4.14. The van der Waals surface area contributed by atoms with Gasteiger partial charge in [0, 0.05) is 0 Å². The van der Waals surface area contributed by atoms with Gasteiger partial charge in [-0.1, -0.05) is 25.6 Å². The first-order chi connectivity index (χ1) is 5.72. The Balaban J connectivity index is 2.71. The molecule has 0 unspecified atom stereocenters. The Kier molecular flexibility index (Phi) is 2.92. The highest BCUT2D eigenvalue weighted by atomic mass is 16.5. The maximum Gasteiger partial charge on any atom is 0.126 e. The second-order valence-electron chi connectivity index (χ2n) is 2.80. The number of benzene rings is 1. The van der Waals surface area contributed by atoms with Crippen molar-refractivity contribution in [3.63, 3.8) is 0 Å². The molecule has 1 aromatic rings. The molecule has 0 saturated carbocycles. The highest BCUT2D eigenvalue weighted by molar-refractivity contribution is 5.28. The monoisotopic (exact) mass is 162 g/mol. The van der Waals surface area contributed by atoms with Crippen molar-refractivity contribution >= 4 is 0 Å². The van der Waals surface area contributed by atoms with E-state index < -0.39 is 0 Å². The van der Waals surface area contributed by atoms with Crippen LogP contribution in [0.2, 0.25) is 0 Å². The Morgan fingerprint density at radius 3 is 2.33 bits per heavy atom. The molecule has 0 atom stereocenters. The van der Waals surface area contributed by atoms with E-state index in [0.29, 0.717) is 0 Å². The molecule has 0 amide bonds. The molecule has 12 heavy (non-hydrogen) atoms. The fraction of sp³-hybridized carbons (Fsp3) is 0.273. The SMILES string of the molecule is C=C(C)Oc1ccc(CC)cc1. The van der Waals surface area contributed by atoms with Gasteiger partial charge < -0.3 is 4.74 Å². The van der Waals surface area contributed by atoms with Gasteiger partial charge in [0.15, 0.2) is 0 Å². The topological polar surface area (TPSA) is 9.23 Å². The summed E-state index contributed by atoms with van der Waals surface area (Å²) in [5.41, 5.74) is 1.32. The van der Waals surface area contributed by atoms with Gasteiger partial charge in [0.05, 0.1) is 5.76 Å². The number of aryl methyl sites for hydroxylation is 1. The van der Waals surface area contributed by atoms with Crippen LogP contribution < -0.4 is 4.74 Å². The molecule has 64 valence electrons. The summed E-state index contributed by atoms with van der Waals surface area (Å²) < 4.78 is 5.32. The van der Waals surface area contributed by atoms with E-state index in [1.54, 1.807) is 0 Å². The molecule has 0 aliphatic carbocycles. The fourth-order valence-corrected chi connectivity index (χ4v) is 0.994. The van der Waals surface area contributed by atoms with Gasteiger partial charge >= 0.3 is 0 Å². The summed E-state index contributed by atoms with van der Waals surface area (Å²) in [7, 11) is 0. The van der Waals surface area contributed by atoms with E-state index in [4.69, 9.17) is 4.74 Å². The highest BCUT2D eigenvalue weighted by Crippen LogP contribution is 2.14. The summed E-state index contributed by atoms with van der Waals surface area (Å²) >= 11 is 0. The summed E-state index contributed by atoms with van der Waals surface area (Å²) in [6, 6.07) is 8.07. The van der Waals surface area contributed by atoms with Crippen molar-refractivity contribution in [2.75, 3.05) is 0 Å². The molecule has 1 nitrogen and oxygen atoms in total. The molecular formula is C11H14O. The first kappa shape index (κ1) is 8.85. The van der Waals surface area contributed by atoms with E-state index in [1.807, 2.05) is 19.1 Å². The lowest BCUT2D eigenvalue weighted by Gasteiger charge is -2.04. The van der Waals surface area contributed by atoms with E-state index in [2.05, 4.69) is 25.6 Å². The van der Waals surface area contributed by atoms with Crippen molar-refractivity contribution in [3.05, 3.63) is 42.2 Å². The third kappa shape index (κ3) is 2.42. The minimum Gasteiger partial charge on any atom is -0.463 e. The molecule has 0 aromatic heterocycles. The summed E-state index contributed by atoms with van der Waals surface area (Å²) in [4.78, 5) is 0. The zero-order valence-electron chi connectivity index (χ0n) is 7.63. The number of ether oxygens (including phenoxy) is 1. The lowest BCUT2D eigenvalue weighted by atomic mass is 10.2. The Hall–Kier alpha value is -1.24. The third-order valence-corrected chi connectivity index (χ3v) is 1.62. The maximum absolute atomic E-state index is 5.32. The Labute approximate surface area is 73.7 Å². The van der Waals surface area contributed by atoms with Crippen molar-refractivity contribution in [2.24, 2.45) is 0 Å². The minimum atomic E-state index is 0.722. The maximum atomic E-state index is 5.32. The highest BCUT2D eigenvalue weighted by Gasteiger charge is 1.93.